The summed E-state index contributed by atoms with van der Waals surface area (Å²) in [7, 11) is 0. The second-order valence-electron chi connectivity index (χ2n) is 5.10. The van der Waals surface area contributed by atoms with Gasteiger partial charge >= 0.3 is 0 Å². The van der Waals surface area contributed by atoms with Crippen LogP contribution in [0.5, 0.6) is 0 Å². The van der Waals surface area contributed by atoms with Crippen LogP contribution < -0.4 is 5.32 Å². The molecule has 21 heavy (non-hydrogen) atoms. The van der Waals surface area contributed by atoms with Gasteiger partial charge in [0.15, 0.2) is 0 Å². The van der Waals surface area contributed by atoms with Crippen molar-refractivity contribution < 1.29 is 14.4 Å². The van der Waals surface area contributed by atoms with Gasteiger partial charge in [0.05, 0.1) is 24.2 Å². The minimum absolute atomic E-state index is 0.0897. The van der Waals surface area contributed by atoms with Crippen LogP contribution in [-0.4, -0.2) is 30.8 Å². The first-order valence-electron chi connectivity index (χ1n) is 7.42. The van der Waals surface area contributed by atoms with E-state index in [0.29, 0.717) is 25.4 Å². The number of benzene rings is 1. The topological polar surface area (TPSA) is 73.6 Å². The average molecular weight is 294 g/mol. The average Bonchev–Trinajstić information content (AvgIpc) is 2.50. The molecule has 0 amide bonds. The number of nitro groups is 1. The fourth-order valence-electron chi connectivity index (χ4n) is 2.48. The molecule has 1 aromatic rings. The van der Waals surface area contributed by atoms with Gasteiger partial charge in [0, 0.05) is 24.8 Å². The lowest BCUT2D eigenvalue weighted by Gasteiger charge is -2.22. The summed E-state index contributed by atoms with van der Waals surface area (Å²) in [6, 6.07) is 5.05. The second kappa shape index (κ2) is 7.95. The van der Waals surface area contributed by atoms with Crippen molar-refractivity contribution in [1.29, 1.82) is 0 Å². The van der Waals surface area contributed by atoms with Crippen molar-refractivity contribution in [3.05, 3.63) is 33.9 Å². The molecule has 6 nitrogen and oxygen atoms in total. The molecule has 1 N–H and O–H groups in total. The molecule has 2 rings (SSSR count). The molecule has 0 aliphatic carbocycles. The first-order chi connectivity index (χ1) is 10.2. The fraction of sp³-hybridized carbons (Fsp3) is 0.600. The molecule has 116 valence electrons. The first-order valence-corrected chi connectivity index (χ1v) is 7.42. The Bertz CT molecular complexity index is 473. The minimum Gasteiger partial charge on any atom is -0.379 e. The molecule has 6 heteroatoms. The molecule has 1 unspecified atom stereocenters. The number of nitrogens with one attached hydrogen (secondary N) is 1. The van der Waals surface area contributed by atoms with Crippen molar-refractivity contribution in [3.63, 3.8) is 0 Å². The fourth-order valence-corrected chi connectivity index (χ4v) is 2.48. The SMILES string of the molecule is CCNc1c(COCC2CCCCO2)cccc1[N+](=O)[O-]. The molecule has 1 saturated heterocycles. The highest BCUT2D eigenvalue weighted by molar-refractivity contribution is 5.66. The van der Waals surface area contributed by atoms with Gasteiger partial charge in [-0.05, 0) is 26.2 Å². The summed E-state index contributed by atoms with van der Waals surface area (Å²) in [5.74, 6) is 0. The Morgan fingerprint density at radius 1 is 1.48 bits per heavy atom. The van der Waals surface area contributed by atoms with Crippen LogP contribution in [0.15, 0.2) is 18.2 Å². The minimum atomic E-state index is -0.369. The summed E-state index contributed by atoms with van der Waals surface area (Å²) in [5, 5.41) is 14.1. The second-order valence-corrected chi connectivity index (χ2v) is 5.10. The monoisotopic (exact) mass is 294 g/mol. The number of ether oxygens (including phenoxy) is 2. The third-order valence-corrected chi connectivity index (χ3v) is 3.51. The van der Waals surface area contributed by atoms with Crippen molar-refractivity contribution in [1.82, 2.24) is 0 Å². The molecule has 1 aromatic carbocycles. The van der Waals surface area contributed by atoms with Crippen LogP contribution >= 0.6 is 0 Å². The predicted molar refractivity (Wildman–Crippen MR) is 80.5 cm³/mol. The quantitative estimate of drug-likeness (QED) is 0.618. The highest BCUT2D eigenvalue weighted by Crippen LogP contribution is 2.28. The van der Waals surface area contributed by atoms with E-state index < -0.39 is 0 Å². The van der Waals surface area contributed by atoms with Crippen LogP contribution in [0.25, 0.3) is 0 Å². The van der Waals surface area contributed by atoms with Crippen LogP contribution in [0.1, 0.15) is 31.7 Å². The maximum atomic E-state index is 11.1. The van der Waals surface area contributed by atoms with Crippen LogP contribution in [-0.2, 0) is 16.1 Å². The largest absolute Gasteiger partial charge is 0.379 e. The number of anilines is 1. The van der Waals surface area contributed by atoms with E-state index >= 15 is 0 Å². The Kier molecular flexibility index (Phi) is 5.95. The third kappa shape index (κ3) is 4.41. The van der Waals surface area contributed by atoms with Gasteiger partial charge in [-0.25, -0.2) is 0 Å². The molecule has 0 saturated carbocycles. The summed E-state index contributed by atoms with van der Waals surface area (Å²) in [5.41, 5.74) is 1.45. The van der Waals surface area contributed by atoms with E-state index in [1.807, 2.05) is 13.0 Å². The Balaban J connectivity index is 1.98. The lowest BCUT2D eigenvalue weighted by Crippen LogP contribution is -2.24. The van der Waals surface area contributed by atoms with Gasteiger partial charge in [-0.1, -0.05) is 12.1 Å². The first kappa shape index (κ1) is 15.7. The van der Waals surface area contributed by atoms with Gasteiger partial charge in [0.1, 0.15) is 5.69 Å². The summed E-state index contributed by atoms with van der Waals surface area (Å²) in [6.45, 7) is 4.23. The zero-order valence-electron chi connectivity index (χ0n) is 12.3. The molecule has 0 spiro atoms. The van der Waals surface area contributed by atoms with Gasteiger partial charge < -0.3 is 14.8 Å². The van der Waals surface area contributed by atoms with Crippen molar-refractivity contribution >= 4 is 11.4 Å². The van der Waals surface area contributed by atoms with E-state index in [9.17, 15) is 10.1 Å². The number of nitrogens with zero attached hydrogens (tertiary/aromatic N) is 1. The number of para-hydroxylation sites is 1. The van der Waals surface area contributed by atoms with E-state index in [2.05, 4.69) is 5.32 Å². The van der Waals surface area contributed by atoms with Gasteiger partial charge in [0.25, 0.3) is 5.69 Å². The van der Waals surface area contributed by atoms with Crippen molar-refractivity contribution in [3.8, 4) is 0 Å². The predicted octanol–water partition coefficient (Wildman–Crippen LogP) is 3.11. The molecule has 1 aliphatic rings. The summed E-state index contributed by atoms with van der Waals surface area (Å²) >= 11 is 0. The Morgan fingerprint density at radius 3 is 3.00 bits per heavy atom. The number of nitro benzene ring substituents is 1. The third-order valence-electron chi connectivity index (χ3n) is 3.51. The Morgan fingerprint density at radius 2 is 2.33 bits per heavy atom. The summed E-state index contributed by atoms with van der Waals surface area (Å²) in [6.07, 6.45) is 3.47. The van der Waals surface area contributed by atoms with Gasteiger partial charge in [-0.3, -0.25) is 10.1 Å². The normalized spacial score (nSPS) is 18.4. The molecule has 0 bridgehead atoms. The van der Waals surface area contributed by atoms with Crippen LogP contribution in [0, 0.1) is 10.1 Å². The highest BCUT2D eigenvalue weighted by Gasteiger charge is 2.18. The Labute approximate surface area is 124 Å². The van der Waals surface area contributed by atoms with Gasteiger partial charge in [0.2, 0.25) is 0 Å². The Hall–Kier alpha value is -1.66. The number of hydrogen-bond donors (Lipinski definition) is 1. The van der Waals surface area contributed by atoms with Crippen LogP contribution in [0.2, 0.25) is 0 Å². The highest BCUT2D eigenvalue weighted by atomic mass is 16.6. The van der Waals surface area contributed by atoms with Crippen molar-refractivity contribution in [2.75, 3.05) is 25.1 Å². The smallest absolute Gasteiger partial charge is 0.292 e. The lowest BCUT2D eigenvalue weighted by atomic mass is 10.1. The van der Waals surface area contributed by atoms with Crippen LogP contribution in [0.4, 0.5) is 11.4 Å². The summed E-state index contributed by atoms with van der Waals surface area (Å²) in [4.78, 5) is 10.7. The molecule has 1 heterocycles. The molecule has 1 fully saturated rings. The van der Waals surface area contributed by atoms with E-state index in [1.165, 1.54) is 12.5 Å². The van der Waals surface area contributed by atoms with E-state index in [4.69, 9.17) is 9.47 Å². The molecule has 0 radical (unpaired) electrons. The summed E-state index contributed by atoms with van der Waals surface area (Å²) < 4.78 is 11.3. The van der Waals surface area contributed by atoms with E-state index in [0.717, 1.165) is 25.0 Å². The van der Waals surface area contributed by atoms with E-state index in [-0.39, 0.29) is 16.7 Å². The molecule has 1 atom stereocenters. The van der Waals surface area contributed by atoms with Crippen molar-refractivity contribution in [2.45, 2.75) is 38.9 Å². The number of hydrogen-bond acceptors (Lipinski definition) is 5. The molecular formula is C15H22N2O4. The molecular weight excluding hydrogens is 272 g/mol. The maximum Gasteiger partial charge on any atom is 0.292 e. The lowest BCUT2D eigenvalue weighted by molar-refractivity contribution is -0.384. The van der Waals surface area contributed by atoms with Crippen molar-refractivity contribution in [2.24, 2.45) is 0 Å². The maximum absolute atomic E-state index is 11.1. The van der Waals surface area contributed by atoms with Crippen LogP contribution in [0.3, 0.4) is 0 Å². The molecule has 1 aliphatic heterocycles. The van der Waals surface area contributed by atoms with Gasteiger partial charge in [-0.2, -0.15) is 0 Å². The van der Waals surface area contributed by atoms with E-state index in [1.54, 1.807) is 6.07 Å². The van der Waals surface area contributed by atoms with Gasteiger partial charge in [-0.15, -0.1) is 0 Å². The number of rotatable bonds is 7. The molecule has 0 aromatic heterocycles. The zero-order chi connectivity index (χ0) is 15.1. The standard InChI is InChI=1S/C15H22N2O4/c1-2-16-15-12(6-5-8-14(15)17(18)19)10-20-11-13-7-3-4-9-21-13/h5-6,8,13,16H,2-4,7,9-11H2,1H3. The zero-order valence-corrected chi connectivity index (χ0v) is 12.3.